The van der Waals surface area contributed by atoms with Crippen LogP contribution in [-0.2, 0) is 4.74 Å². The normalized spacial score (nSPS) is 18.3. The predicted molar refractivity (Wildman–Crippen MR) is 114 cm³/mol. The fourth-order valence-corrected chi connectivity index (χ4v) is 3.66. The van der Waals surface area contributed by atoms with Crippen molar-refractivity contribution in [1.82, 2.24) is 15.0 Å². The van der Waals surface area contributed by atoms with Crippen molar-refractivity contribution in [3.05, 3.63) is 29.7 Å². The number of nitrogens with zero attached hydrogens (tertiary/aromatic N) is 3. The van der Waals surface area contributed by atoms with Gasteiger partial charge in [0.2, 0.25) is 0 Å². The maximum absolute atomic E-state index is 12.3. The zero-order valence-corrected chi connectivity index (χ0v) is 17.8. The van der Waals surface area contributed by atoms with Crippen molar-refractivity contribution in [2.75, 3.05) is 18.4 Å². The smallest absolute Gasteiger partial charge is 0.410 e. The summed E-state index contributed by atoms with van der Waals surface area (Å²) < 4.78 is 11.2. The number of aromatic nitrogens is 2. The number of hydrogen-bond donors (Lipinski definition) is 2. The van der Waals surface area contributed by atoms with Gasteiger partial charge in [-0.05, 0) is 52.5 Å². The van der Waals surface area contributed by atoms with Gasteiger partial charge in [0, 0.05) is 54.8 Å². The lowest BCUT2D eigenvalue weighted by molar-refractivity contribution is 0.0512. The number of anilines is 1. The Hall–Kier alpha value is -2.90. The molecule has 1 aliphatic heterocycles. The molecule has 30 heavy (non-hydrogen) atoms. The summed E-state index contributed by atoms with van der Waals surface area (Å²) in [5.74, 6) is 1.05. The van der Waals surface area contributed by atoms with Crippen molar-refractivity contribution in [3.8, 4) is 11.4 Å². The number of nitrogens with one attached hydrogen (secondary N) is 2. The Balaban J connectivity index is 1.41. The van der Waals surface area contributed by atoms with Gasteiger partial charge in [-0.3, -0.25) is 4.98 Å². The molecule has 0 bridgehead atoms. The van der Waals surface area contributed by atoms with Crippen molar-refractivity contribution in [2.45, 2.75) is 64.0 Å². The molecule has 0 spiro atoms. The Morgan fingerprint density at radius 2 is 2.07 bits per heavy atom. The van der Waals surface area contributed by atoms with Crippen LogP contribution in [0.2, 0.25) is 0 Å². The van der Waals surface area contributed by atoms with Crippen LogP contribution in [0.25, 0.3) is 11.4 Å². The Morgan fingerprint density at radius 1 is 1.33 bits per heavy atom. The van der Waals surface area contributed by atoms with Gasteiger partial charge in [0.05, 0.1) is 5.69 Å². The third-order valence-corrected chi connectivity index (χ3v) is 5.77. The number of piperidine rings is 1. The quantitative estimate of drug-likeness (QED) is 0.682. The molecule has 1 saturated heterocycles. The molecule has 2 aliphatic rings. The first-order valence-corrected chi connectivity index (χ1v) is 10.6. The van der Waals surface area contributed by atoms with Crippen LogP contribution < -0.4 is 5.32 Å². The predicted octanol–water partition coefficient (Wildman–Crippen LogP) is 4.42. The molecule has 3 heterocycles. The number of likely N-dealkylation sites (tertiary alicyclic amines) is 1. The van der Waals surface area contributed by atoms with Gasteiger partial charge < -0.3 is 24.9 Å². The minimum atomic E-state index is -0.239. The van der Waals surface area contributed by atoms with E-state index in [1.54, 1.807) is 11.1 Å². The summed E-state index contributed by atoms with van der Waals surface area (Å²) in [6.07, 6.45) is 6.32. The van der Waals surface area contributed by atoms with E-state index in [0.717, 1.165) is 42.7 Å². The number of ether oxygens (including phenoxy) is 1. The van der Waals surface area contributed by atoms with E-state index >= 15 is 0 Å². The van der Waals surface area contributed by atoms with Crippen LogP contribution in [0.5, 0.6) is 0 Å². The van der Waals surface area contributed by atoms with Gasteiger partial charge in [-0.25, -0.2) is 4.79 Å². The molecule has 1 saturated carbocycles. The van der Waals surface area contributed by atoms with E-state index in [1.165, 1.54) is 6.21 Å². The molecular formula is C22H29N5O3. The Kier molecular flexibility index (Phi) is 5.49. The largest absolute Gasteiger partial charge is 0.443 e. The first-order valence-electron chi connectivity index (χ1n) is 10.6. The van der Waals surface area contributed by atoms with Gasteiger partial charge in [-0.15, -0.1) is 0 Å². The zero-order chi connectivity index (χ0) is 21.3. The van der Waals surface area contributed by atoms with Gasteiger partial charge in [-0.2, -0.15) is 0 Å². The second-order valence-corrected chi connectivity index (χ2v) is 8.79. The minimum absolute atomic E-state index is 0.202. The third kappa shape index (κ3) is 4.47. The molecule has 0 aromatic carbocycles. The molecule has 8 nitrogen and oxygen atoms in total. The average molecular weight is 412 g/mol. The maximum atomic E-state index is 12.3. The van der Waals surface area contributed by atoms with E-state index in [9.17, 15) is 4.79 Å². The molecule has 2 aromatic rings. The Bertz CT molecular complexity index is 927. The number of carbonyl (C=O) groups excluding carboxylic acids is 1. The highest BCUT2D eigenvalue weighted by Crippen LogP contribution is 2.39. The number of amides is 1. The van der Waals surface area contributed by atoms with Gasteiger partial charge in [0.25, 0.3) is 0 Å². The van der Waals surface area contributed by atoms with Crippen LogP contribution >= 0.6 is 0 Å². The Morgan fingerprint density at radius 3 is 2.70 bits per heavy atom. The molecular weight excluding hydrogens is 382 g/mol. The van der Waals surface area contributed by atoms with Crippen LogP contribution in [-0.4, -0.2) is 52.1 Å². The summed E-state index contributed by atoms with van der Waals surface area (Å²) >= 11 is 0. The highest BCUT2D eigenvalue weighted by Gasteiger charge is 2.43. The lowest BCUT2D eigenvalue weighted by Crippen LogP contribution is -2.39. The molecule has 1 amide bonds. The zero-order valence-electron chi connectivity index (χ0n) is 17.8. The average Bonchev–Trinajstić information content (AvgIpc) is 3.25. The molecule has 2 N–H and O–H groups in total. The van der Waals surface area contributed by atoms with Crippen LogP contribution in [0.3, 0.4) is 0 Å². The van der Waals surface area contributed by atoms with Gasteiger partial charge >= 0.3 is 6.09 Å². The van der Waals surface area contributed by atoms with Crippen LogP contribution in [0, 0.1) is 5.41 Å². The summed E-state index contributed by atoms with van der Waals surface area (Å²) in [7, 11) is 0. The summed E-state index contributed by atoms with van der Waals surface area (Å²) in [5.41, 5.74) is 2.73. The summed E-state index contributed by atoms with van der Waals surface area (Å²) in [6, 6.07) is 4.08. The molecule has 8 heteroatoms. The van der Waals surface area contributed by atoms with Crippen LogP contribution in [0.1, 0.15) is 63.7 Å². The van der Waals surface area contributed by atoms with Crippen molar-refractivity contribution in [3.63, 3.8) is 0 Å². The molecule has 2 aromatic heterocycles. The summed E-state index contributed by atoms with van der Waals surface area (Å²) in [4.78, 5) is 18.5. The van der Waals surface area contributed by atoms with E-state index in [0.29, 0.717) is 24.5 Å². The second kappa shape index (κ2) is 8.08. The summed E-state index contributed by atoms with van der Waals surface area (Å²) in [6.45, 7) is 7.40. The van der Waals surface area contributed by atoms with Gasteiger partial charge in [0.15, 0.2) is 0 Å². The highest BCUT2D eigenvalue weighted by atomic mass is 16.6. The number of rotatable bonds is 6. The maximum Gasteiger partial charge on any atom is 0.410 e. The molecule has 4 rings (SSSR count). The van der Waals surface area contributed by atoms with E-state index in [-0.39, 0.29) is 23.7 Å². The van der Waals surface area contributed by atoms with E-state index < -0.39 is 0 Å². The first-order chi connectivity index (χ1) is 14.4. The topological polar surface area (TPSA) is 104 Å². The monoisotopic (exact) mass is 411 g/mol. The van der Waals surface area contributed by atoms with Crippen molar-refractivity contribution in [1.29, 1.82) is 5.41 Å². The van der Waals surface area contributed by atoms with E-state index in [4.69, 9.17) is 14.7 Å². The standard InChI is InChI=1S/C22H29N5O3/c1-14(2)25-17-10-18(24-13-16(17)12-23)19-11-20(30-26-19)15-4-8-27(9-5-15)21(28)29-22(3)6-7-22/h10-15,23H,4-9H2,1-3H3,(H,24,25). The van der Waals surface area contributed by atoms with E-state index in [2.05, 4.69) is 29.3 Å². The molecule has 0 unspecified atom stereocenters. The third-order valence-electron chi connectivity index (χ3n) is 5.77. The Labute approximate surface area is 176 Å². The van der Waals surface area contributed by atoms with Crippen molar-refractivity contribution in [2.24, 2.45) is 0 Å². The van der Waals surface area contributed by atoms with E-state index in [1.807, 2.05) is 19.1 Å². The highest BCUT2D eigenvalue weighted by molar-refractivity contribution is 5.86. The fourth-order valence-electron chi connectivity index (χ4n) is 3.66. The second-order valence-electron chi connectivity index (χ2n) is 8.79. The lowest BCUT2D eigenvalue weighted by Gasteiger charge is -2.31. The SMILES string of the molecule is CC(C)Nc1cc(-c2cc(C3CCN(C(=O)OC4(C)CC4)CC3)on2)ncc1C=N. The molecule has 0 atom stereocenters. The van der Waals surface area contributed by atoms with Crippen molar-refractivity contribution < 1.29 is 14.1 Å². The molecule has 1 aliphatic carbocycles. The number of hydrogen-bond acceptors (Lipinski definition) is 7. The van der Waals surface area contributed by atoms with Gasteiger partial charge in [-0.1, -0.05) is 5.16 Å². The van der Waals surface area contributed by atoms with Crippen LogP contribution in [0.15, 0.2) is 22.9 Å². The summed E-state index contributed by atoms with van der Waals surface area (Å²) in [5, 5.41) is 15.1. The fraction of sp³-hybridized carbons (Fsp3) is 0.545. The molecule has 2 fully saturated rings. The van der Waals surface area contributed by atoms with Crippen molar-refractivity contribution >= 4 is 18.0 Å². The molecule has 160 valence electrons. The van der Waals surface area contributed by atoms with Gasteiger partial charge in [0.1, 0.15) is 17.1 Å². The number of pyridine rings is 1. The molecule has 0 radical (unpaired) electrons. The lowest BCUT2D eigenvalue weighted by atomic mass is 9.94. The van der Waals surface area contributed by atoms with Crippen LogP contribution in [0.4, 0.5) is 10.5 Å². The first kappa shape index (κ1) is 20.4. The minimum Gasteiger partial charge on any atom is -0.443 e. The number of carbonyl (C=O) groups is 1.